The number of rotatable bonds is 5. The second kappa shape index (κ2) is 5.32. The smallest absolute Gasteiger partial charge is 0.0409 e. The van der Waals surface area contributed by atoms with Gasteiger partial charge < -0.3 is 5.73 Å². The Bertz CT molecular complexity index is 277. The van der Waals surface area contributed by atoms with E-state index in [2.05, 4.69) is 45.0 Å². The van der Waals surface area contributed by atoms with E-state index in [1.54, 1.807) is 0 Å². The molecule has 84 valence electrons. The summed E-state index contributed by atoms with van der Waals surface area (Å²) in [6, 6.07) is 10.5. The molecule has 0 saturated carbocycles. The van der Waals surface area contributed by atoms with E-state index >= 15 is 0 Å². The van der Waals surface area contributed by atoms with Crippen LogP contribution in [0.5, 0.6) is 0 Å². The van der Waals surface area contributed by atoms with Crippen LogP contribution in [0.3, 0.4) is 0 Å². The van der Waals surface area contributed by atoms with E-state index < -0.39 is 0 Å². The monoisotopic (exact) mass is 205 g/mol. The molecular weight excluding hydrogens is 182 g/mol. The normalized spacial score (nSPS) is 17.1. The number of hydrogen-bond donors (Lipinski definition) is 1. The molecule has 0 amide bonds. The van der Waals surface area contributed by atoms with Gasteiger partial charge in [-0.3, -0.25) is 0 Å². The number of hydrogen-bond acceptors (Lipinski definition) is 1. The fourth-order valence-electron chi connectivity index (χ4n) is 2.31. The molecule has 0 bridgehead atoms. The largest absolute Gasteiger partial charge is 0.321 e. The van der Waals surface area contributed by atoms with Crippen LogP contribution in [0.4, 0.5) is 0 Å². The molecule has 0 saturated heterocycles. The lowest BCUT2D eigenvalue weighted by Gasteiger charge is -2.34. The highest BCUT2D eigenvalue weighted by molar-refractivity contribution is 5.23. The molecule has 1 aromatic rings. The second-order valence-corrected chi connectivity index (χ2v) is 4.54. The summed E-state index contributed by atoms with van der Waals surface area (Å²) in [4.78, 5) is 0. The summed E-state index contributed by atoms with van der Waals surface area (Å²) in [6.07, 6.45) is 3.56. The maximum Gasteiger partial charge on any atom is 0.0409 e. The molecule has 1 aromatic carbocycles. The van der Waals surface area contributed by atoms with E-state index in [9.17, 15) is 0 Å². The fourth-order valence-corrected chi connectivity index (χ4v) is 2.31. The maximum atomic E-state index is 6.48. The minimum atomic E-state index is -0.188. The molecule has 15 heavy (non-hydrogen) atoms. The van der Waals surface area contributed by atoms with Crippen LogP contribution in [-0.2, 0) is 5.54 Å². The summed E-state index contributed by atoms with van der Waals surface area (Å²) in [5.41, 5.74) is 7.55. The number of nitrogens with two attached hydrogens (primary N) is 1. The van der Waals surface area contributed by atoms with Gasteiger partial charge in [0.2, 0.25) is 0 Å². The minimum absolute atomic E-state index is 0.188. The summed E-state index contributed by atoms with van der Waals surface area (Å²) < 4.78 is 0. The first-order chi connectivity index (χ1) is 7.12. The lowest BCUT2D eigenvalue weighted by molar-refractivity contribution is 0.271. The molecule has 2 atom stereocenters. The molecule has 0 spiro atoms. The molecule has 2 N–H and O–H groups in total. The molecule has 0 aliphatic heterocycles. The Labute approximate surface area is 93.7 Å². The highest BCUT2D eigenvalue weighted by atomic mass is 14.7. The van der Waals surface area contributed by atoms with Gasteiger partial charge in [-0.1, -0.05) is 57.0 Å². The van der Waals surface area contributed by atoms with E-state index in [0.717, 1.165) is 6.42 Å². The Hall–Kier alpha value is -0.820. The standard InChI is InChI=1S/C14H23N/c1-4-9-12(5-2)14(3,15)13-10-7-6-8-11-13/h6-8,10-12H,4-5,9,15H2,1-3H3. The van der Waals surface area contributed by atoms with Gasteiger partial charge in [-0.2, -0.15) is 0 Å². The first-order valence-electron chi connectivity index (χ1n) is 5.97. The molecule has 1 rings (SSSR count). The quantitative estimate of drug-likeness (QED) is 0.779. The molecule has 2 unspecified atom stereocenters. The van der Waals surface area contributed by atoms with Gasteiger partial charge in [0.15, 0.2) is 0 Å². The zero-order valence-corrected chi connectivity index (χ0v) is 10.2. The van der Waals surface area contributed by atoms with Crippen molar-refractivity contribution in [2.75, 3.05) is 0 Å². The predicted molar refractivity (Wildman–Crippen MR) is 66.7 cm³/mol. The Morgan fingerprint density at radius 3 is 2.27 bits per heavy atom. The molecule has 0 fully saturated rings. The summed E-state index contributed by atoms with van der Waals surface area (Å²) in [6.45, 7) is 6.62. The highest BCUT2D eigenvalue weighted by Gasteiger charge is 2.29. The third kappa shape index (κ3) is 2.82. The van der Waals surface area contributed by atoms with Crippen molar-refractivity contribution in [1.29, 1.82) is 0 Å². The topological polar surface area (TPSA) is 26.0 Å². The van der Waals surface area contributed by atoms with E-state index in [1.807, 2.05) is 6.07 Å². The second-order valence-electron chi connectivity index (χ2n) is 4.54. The van der Waals surface area contributed by atoms with Crippen molar-refractivity contribution in [3.05, 3.63) is 35.9 Å². The van der Waals surface area contributed by atoms with Crippen LogP contribution in [0.15, 0.2) is 30.3 Å². The van der Waals surface area contributed by atoms with Gasteiger partial charge in [-0.15, -0.1) is 0 Å². The number of benzene rings is 1. The van der Waals surface area contributed by atoms with Crippen LogP contribution in [0.25, 0.3) is 0 Å². The van der Waals surface area contributed by atoms with Crippen LogP contribution in [-0.4, -0.2) is 0 Å². The average Bonchev–Trinajstić information content (AvgIpc) is 2.27. The van der Waals surface area contributed by atoms with E-state index in [1.165, 1.54) is 18.4 Å². The summed E-state index contributed by atoms with van der Waals surface area (Å²) in [5.74, 6) is 0.574. The maximum absolute atomic E-state index is 6.48. The fraction of sp³-hybridized carbons (Fsp3) is 0.571. The molecule has 0 aliphatic rings. The van der Waals surface area contributed by atoms with Crippen molar-refractivity contribution in [3.8, 4) is 0 Å². The van der Waals surface area contributed by atoms with E-state index in [-0.39, 0.29) is 5.54 Å². The molecule has 0 heterocycles. The molecule has 0 radical (unpaired) electrons. The Morgan fingerprint density at radius 2 is 1.80 bits per heavy atom. The van der Waals surface area contributed by atoms with Gasteiger partial charge in [-0.05, 0) is 24.8 Å². The van der Waals surface area contributed by atoms with E-state index in [4.69, 9.17) is 5.73 Å². The molecule has 0 aromatic heterocycles. The third-order valence-corrected chi connectivity index (χ3v) is 3.37. The lowest BCUT2D eigenvalue weighted by atomic mass is 9.77. The molecule has 1 nitrogen and oxygen atoms in total. The molecular formula is C14H23N. The van der Waals surface area contributed by atoms with Crippen LogP contribution in [0.2, 0.25) is 0 Å². The molecule has 0 aliphatic carbocycles. The predicted octanol–water partition coefficient (Wildman–Crippen LogP) is 3.69. The Balaban J connectivity index is 2.89. The van der Waals surface area contributed by atoms with Crippen molar-refractivity contribution in [1.82, 2.24) is 0 Å². The van der Waals surface area contributed by atoms with Crippen molar-refractivity contribution in [2.24, 2.45) is 11.7 Å². The lowest BCUT2D eigenvalue weighted by Crippen LogP contribution is -2.40. The van der Waals surface area contributed by atoms with Crippen molar-refractivity contribution in [3.63, 3.8) is 0 Å². The van der Waals surface area contributed by atoms with Gasteiger partial charge >= 0.3 is 0 Å². The van der Waals surface area contributed by atoms with Crippen molar-refractivity contribution >= 4 is 0 Å². The zero-order chi connectivity index (χ0) is 11.3. The van der Waals surface area contributed by atoms with Crippen molar-refractivity contribution < 1.29 is 0 Å². The van der Waals surface area contributed by atoms with Gasteiger partial charge in [0.25, 0.3) is 0 Å². The van der Waals surface area contributed by atoms with Crippen LogP contribution >= 0.6 is 0 Å². The van der Waals surface area contributed by atoms with E-state index in [0.29, 0.717) is 5.92 Å². The highest BCUT2D eigenvalue weighted by Crippen LogP contribution is 2.31. The van der Waals surface area contributed by atoms with Gasteiger partial charge in [0, 0.05) is 5.54 Å². The first-order valence-corrected chi connectivity index (χ1v) is 5.97. The third-order valence-electron chi connectivity index (χ3n) is 3.37. The first kappa shape index (κ1) is 12.3. The summed E-state index contributed by atoms with van der Waals surface area (Å²) in [5, 5.41) is 0. The van der Waals surface area contributed by atoms with Gasteiger partial charge in [-0.25, -0.2) is 0 Å². The Kier molecular flexibility index (Phi) is 4.34. The zero-order valence-electron chi connectivity index (χ0n) is 10.2. The summed E-state index contributed by atoms with van der Waals surface area (Å²) in [7, 11) is 0. The van der Waals surface area contributed by atoms with Crippen molar-refractivity contribution in [2.45, 2.75) is 45.6 Å². The minimum Gasteiger partial charge on any atom is -0.321 e. The average molecular weight is 205 g/mol. The van der Waals surface area contributed by atoms with Gasteiger partial charge in [0.1, 0.15) is 0 Å². The van der Waals surface area contributed by atoms with Crippen LogP contribution in [0, 0.1) is 5.92 Å². The van der Waals surface area contributed by atoms with Crippen LogP contribution < -0.4 is 5.73 Å². The summed E-state index contributed by atoms with van der Waals surface area (Å²) >= 11 is 0. The van der Waals surface area contributed by atoms with Crippen LogP contribution in [0.1, 0.15) is 45.6 Å². The SMILES string of the molecule is CCCC(CC)C(C)(N)c1ccccc1. The van der Waals surface area contributed by atoms with Gasteiger partial charge in [0.05, 0.1) is 0 Å². The Morgan fingerprint density at radius 1 is 1.20 bits per heavy atom. The molecule has 1 heteroatoms.